The monoisotopic (exact) mass is 546 g/mol. The SMILES string of the molecule is COC(=O)[C@@H]1CN(C(=O)COc2ccc(S(=O)(=O)Nc3ccc(OC)c(Cl)c3)cc2)c2ccccc2O1. The van der Waals surface area contributed by atoms with E-state index < -0.39 is 28.0 Å². The number of fused-ring (bicyclic) bond motifs is 1. The van der Waals surface area contributed by atoms with Crippen LogP contribution >= 0.6 is 11.6 Å². The summed E-state index contributed by atoms with van der Waals surface area (Å²) in [5.41, 5.74) is 0.773. The maximum atomic E-state index is 13.0. The van der Waals surface area contributed by atoms with Crippen LogP contribution in [0.1, 0.15) is 0 Å². The number of carbonyl (C=O) groups excluding carboxylic acids is 2. The Labute approximate surface area is 218 Å². The van der Waals surface area contributed by atoms with Gasteiger partial charge in [-0.1, -0.05) is 23.7 Å². The Hall–Kier alpha value is -3.96. The number of rotatable bonds is 8. The van der Waals surface area contributed by atoms with E-state index in [4.69, 9.17) is 30.5 Å². The third-order valence-corrected chi connectivity index (χ3v) is 7.13. The first-order chi connectivity index (χ1) is 17.7. The fourth-order valence-corrected chi connectivity index (χ4v) is 4.91. The molecule has 0 saturated heterocycles. The van der Waals surface area contributed by atoms with Crippen LogP contribution in [-0.4, -0.2) is 53.8 Å². The Morgan fingerprint density at radius 3 is 2.49 bits per heavy atom. The second kappa shape index (κ2) is 11.0. The maximum Gasteiger partial charge on any atom is 0.348 e. The number of hydrogen-bond donors (Lipinski definition) is 1. The minimum atomic E-state index is -3.90. The lowest BCUT2D eigenvalue weighted by Crippen LogP contribution is -2.48. The number of anilines is 2. The van der Waals surface area contributed by atoms with E-state index >= 15 is 0 Å². The third-order valence-electron chi connectivity index (χ3n) is 5.44. The van der Waals surface area contributed by atoms with Crippen molar-refractivity contribution in [2.75, 3.05) is 37.0 Å². The summed E-state index contributed by atoms with van der Waals surface area (Å²) in [5, 5.41) is 0.261. The summed E-state index contributed by atoms with van der Waals surface area (Å²) in [4.78, 5) is 26.4. The van der Waals surface area contributed by atoms with Crippen molar-refractivity contribution in [3.8, 4) is 17.2 Å². The molecule has 0 aromatic heterocycles. The molecule has 1 aliphatic rings. The first-order valence-electron chi connectivity index (χ1n) is 10.9. The number of halogens is 1. The van der Waals surface area contributed by atoms with Gasteiger partial charge in [0, 0.05) is 0 Å². The molecular formula is C25H23ClN2O8S. The lowest BCUT2D eigenvalue weighted by molar-refractivity contribution is -0.148. The summed E-state index contributed by atoms with van der Waals surface area (Å²) >= 11 is 6.06. The van der Waals surface area contributed by atoms with Crippen molar-refractivity contribution in [3.63, 3.8) is 0 Å². The quantitative estimate of drug-likeness (QED) is 0.426. The highest BCUT2D eigenvalue weighted by Crippen LogP contribution is 2.33. The van der Waals surface area contributed by atoms with Crippen LogP contribution in [-0.2, 0) is 24.3 Å². The number of esters is 1. The number of methoxy groups -OCH3 is 2. The number of amides is 1. The van der Waals surface area contributed by atoms with Crippen molar-refractivity contribution in [3.05, 3.63) is 71.8 Å². The van der Waals surface area contributed by atoms with E-state index in [2.05, 4.69) is 4.72 Å². The van der Waals surface area contributed by atoms with E-state index in [1.807, 2.05) is 0 Å². The molecule has 0 radical (unpaired) electrons. The van der Waals surface area contributed by atoms with E-state index in [0.29, 0.717) is 17.2 Å². The van der Waals surface area contributed by atoms with Crippen LogP contribution in [0.25, 0.3) is 0 Å². The van der Waals surface area contributed by atoms with Gasteiger partial charge < -0.3 is 23.8 Å². The van der Waals surface area contributed by atoms with E-state index in [-0.39, 0.29) is 34.5 Å². The lowest BCUT2D eigenvalue weighted by Gasteiger charge is -2.33. The van der Waals surface area contributed by atoms with E-state index in [1.165, 1.54) is 55.5 Å². The van der Waals surface area contributed by atoms with Gasteiger partial charge in [-0.25, -0.2) is 13.2 Å². The molecule has 1 aliphatic heterocycles. The van der Waals surface area contributed by atoms with E-state index in [9.17, 15) is 18.0 Å². The van der Waals surface area contributed by atoms with Gasteiger partial charge in [-0.15, -0.1) is 0 Å². The Bertz CT molecular complexity index is 1410. The first kappa shape index (κ1) is 26.1. The van der Waals surface area contributed by atoms with Crippen molar-refractivity contribution >= 4 is 44.9 Å². The maximum absolute atomic E-state index is 13.0. The number of benzene rings is 3. The second-order valence-electron chi connectivity index (χ2n) is 7.82. The molecule has 37 heavy (non-hydrogen) atoms. The molecule has 0 aliphatic carbocycles. The summed E-state index contributed by atoms with van der Waals surface area (Å²) in [6.07, 6.45) is -0.971. The van der Waals surface area contributed by atoms with Crippen molar-refractivity contribution in [1.82, 2.24) is 0 Å². The van der Waals surface area contributed by atoms with Gasteiger partial charge in [-0.05, 0) is 54.6 Å². The predicted octanol–water partition coefficient (Wildman–Crippen LogP) is 3.50. The number of hydrogen-bond acceptors (Lipinski definition) is 8. The molecule has 1 N–H and O–H groups in total. The molecule has 10 nitrogen and oxygen atoms in total. The lowest BCUT2D eigenvalue weighted by atomic mass is 10.2. The van der Waals surface area contributed by atoms with Crippen LogP contribution < -0.4 is 23.8 Å². The Morgan fingerprint density at radius 1 is 1.08 bits per heavy atom. The normalized spacial score (nSPS) is 14.7. The summed E-state index contributed by atoms with van der Waals surface area (Å²) in [6, 6.07) is 16.9. The van der Waals surface area contributed by atoms with Crippen molar-refractivity contribution in [2.45, 2.75) is 11.0 Å². The second-order valence-corrected chi connectivity index (χ2v) is 9.91. The van der Waals surface area contributed by atoms with Gasteiger partial charge in [-0.2, -0.15) is 0 Å². The fraction of sp³-hybridized carbons (Fsp3) is 0.200. The largest absolute Gasteiger partial charge is 0.495 e. The minimum absolute atomic E-state index is 0.0128. The third kappa shape index (κ3) is 5.89. The van der Waals surface area contributed by atoms with Gasteiger partial charge in [-0.3, -0.25) is 9.52 Å². The number of carbonyl (C=O) groups is 2. The molecule has 0 bridgehead atoms. The number of ether oxygens (including phenoxy) is 4. The van der Waals surface area contributed by atoms with Crippen molar-refractivity contribution in [1.29, 1.82) is 0 Å². The van der Waals surface area contributed by atoms with E-state index in [0.717, 1.165) is 0 Å². The summed E-state index contributed by atoms with van der Waals surface area (Å²) in [6.45, 7) is -0.388. The van der Waals surface area contributed by atoms with Crippen LogP contribution in [0.3, 0.4) is 0 Å². The number of nitrogens with one attached hydrogen (secondary N) is 1. The van der Waals surface area contributed by atoms with Gasteiger partial charge in [0.2, 0.25) is 6.10 Å². The molecular weight excluding hydrogens is 524 g/mol. The Morgan fingerprint density at radius 2 is 1.81 bits per heavy atom. The fourth-order valence-electron chi connectivity index (χ4n) is 3.61. The molecule has 1 heterocycles. The van der Waals surface area contributed by atoms with Crippen molar-refractivity contribution in [2.24, 2.45) is 0 Å². The molecule has 4 rings (SSSR count). The molecule has 3 aromatic carbocycles. The van der Waals surface area contributed by atoms with Crippen LogP contribution in [0.2, 0.25) is 5.02 Å². The van der Waals surface area contributed by atoms with Gasteiger partial charge in [0.05, 0.1) is 42.1 Å². The van der Waals surface area contributed by atoms with E-state index in [1.54, 1.807) is 30.3 Å². The Kier molecular flexibility index (Phi) is 7.74. The first-order valence-corrected chi connectivity index (χ1v) is 12.8. The van der Waals surface area contributed by atoms with Gasteiger partial charge in [0.25, 0.3) is 15.9 Å². The van der Waals surface area contributed by atoms with Gasteiger partial charge >= 0.3 is 5.97 Å². The topological polar surface area (TPSA) is 120 Å². The molecule has 0 spiro atoms. The number of para-hydroxylation sites is 2. The molecule has 0 fully saturated rings. The number of nitrogens with zero attached hydrogens (tertiary/aromatic N) is 1. The molecule has 12 heteroatoms. The van der Waals surface area contributed by atoms with Gasteiger partial charge in [0.15, 0.2) is 6.61 Å². The standard InChI is InChI=1S/C25H23ClN2O8S/c1-33-21-12-7-16(13-19(21)26)27-37(31,32)18-10-8-17(9-11-18)35-15-24(29)28-14-23(25(30)34-2)36-22-6-4-3-5-20(22)28/h3-13,23,27H,14-15H2,1-2H3/t23-/m0/s1. The van der Waals surface area contributed by atoms with Crippen LogP contribution in [0.4, 0.5) is 11.4 Å². The van der Waals surface area contributed by atoms with Gasteiger partial charge in [0.1, 0.15) is 17.2 Å². The highest BCUT2D eigenvalue weighted by atomic mass is 35.5. The zero-order valence-electron chi connectivity index (χ0n) is 19.8. The average molecular weight is 547 g/mol. The zero-order valence-corrected chi connectivity index (χ0v) is 21.4. The van der Waals surface area contributed by atoms with Crippen LogP contribution in [0.5, 0.6) is 17.2 Å². The summed E-state index contributed by atoms with van der Waals surface area (Å²) < 4.78 is 49.0. The number of sulfonamides is 1. The highest BCUT2D eigenvalue weighted by molar-refractivity contribution is 7.92. The minimum Gasteiger partial charge on any atom is -0.495 e. The molecule has 194 valence electrons. The zero-order chi connectivity index (χ0) is 26.6. The van der Waals surface area contributed by atoms with Crippen molar-refractivity contribution < 1.29 is 37.0 Å². The van der Waals surface area contributed by atoms with Crippen LogP contribution in [0, 0.1) is 0 Å². The molecule has 1 atom stereocenters. The molecule has 0 saturated carbocycles. The summed E-state index contributed by atoms with van der Waals surface area (Å²) in [7, 11) is -1.20. The van der Waals surface area contributed by atoms with Crippen LogP contribution in [0.15, 0.2) is 71.6 Å². The highest BCUT2D eigenvalue weighted by Gasteiger charge is 2.34. The molecule has 1 amide bonds. The summed E-state index contributed by atoms with van der Waals surface area (Å²) in [5.74, 6) is 0.0561. The molecule has 0 unspecified atom stereocenters. The smallest absolute Gasteiger partial charge is 0.348 e. The average Bonchev–Trinajstić information content (AvgIpc) is 2.90. The predicted molar refractivity (Wildman–Crippen MR) is 136 cm³/mol. The molecule has 3 aromatic rings. The Balaban J connectivity index is 1.42.